The van der Waals surface area contributed by atoms with E-state index in [9.17, 15) is 9.59 Å². The molecule has 0 aliphatic carbocycles. The molecule has 21 heavy (non-hydrogen) atoms. The molecule has 0 saturated carbocycles. The number of methoxy groups -OCH3 is 1. The molecule has 0 amide bonds. The van der Waals surface area contributed by atoms with Crippen molar-refractivity contribution < 1.29 is 9.53 Å². The Morgan fingerprint density at radius 3 is 2.52 bits per heavy atom. The average Bonchev–Trinajstić information content (AvgIpc) is 2.55. The molecule has 1 heterocycles. The molecule has 0 bridgehead atoms. The van der Waals surface area contributed by atoms with E-state index in [1.807, 2.05) is 42.5 Å². The number of nitrogens with one attached hydrogen (secondary N) is 1. The van der Waals surface area contributed by atoms with Crippen LogP contribution >= 0.6 is 0 Å². The molecule has 0 aliphatic rings. The molecule has 0 spiro atoms. The van der Waals surface area contributed by atoms with Gasteiger partial charge in [0.1, 0.15) is 5.56 Å². The molecule has 1 N–H and O–H groups in total. The molecule has 0 radical (unpaired) electrons. The van der Waals surface area contributed by atoms with Gasteiger partial charge in [-0.2, -0.15) is 0 Å². The first-order valence-electron chi connectivity index (χ1n) is 6.50. The lowest BCUT2D eigenvalue weighted by molar-refractivity contribution is 0.0599. The fraction of sp³-hybridized carbons (Fsp3) is 0.0588. The average molecular weight is 279 g/mol. The zero-order chi connectivity index (χ0) is 14.8. The van der Waals surface area contributed by atoms with Gasteiger partial charge in [0.25, 0.3) is 0 Å². The Morgan fingerprint density at radius 1 is 1.05 bits per heavy atom. The van der Waals surface area contributed by atoms with Crippen LogP contribution in [0.5, 0.6) is 0 Å². The number of carbonyl (C=O) groups excluding carboxylic acids is 1. The van der Waals surface area contributed by atoms with Gasteiger partial charge < -0.3 is 9.72 Å². The Morgan fingerprint density at radius 2 is 1.81 bits per heavy atom. The number of aromatic amines is 1. The number of benzene rings is 2. The van der Waals surface area contributed by atoms with Crippen molar-refractivity contribution in [3.05, 3.63) is 70.5 Å². The molecule has 0 fully saturated rings. The number of hydrogen-bond donors (Lipinski definition) is 1. The summed E-state index contributed by atoms with van der Waals surface area (Å²) >= 11 is 0. The van der Waals surface area contributed by atoms with Crippen molar-refractivity contribution in [2.45, 2.75) is 0 Å². The Bertz CT molecular complexity index is 866. The maximum absolute atomic E-state index is 12.4. The summed E-state index contributed by atoms with van der Waals surface area (Å²) in [6.07, 6.45) is 1.39. The fourth-order valence-corrected chi connectivity index (χ4v) is 2.29. The second-order valence-corrected chi connectivity index (χ2v) is 4.65. The van der Waals surface area contributed by atoms with Gasteiger partial charge in [-0.15, -0.1) is 0 Å². The Hall–Kier alpha value is -2.88. The molecule has 3 aromatic rings. The Kier molecular flexibility index (Phi) is 3.28. The van der Waals surface area contributed by atoms with E-state index in [0.717, 1.165) is 11.1 Å². The maximum atomic E-state index is 12.4. The van der Waals surface area contributed by atoms with Crippen molar-refractivity contribution in [1.29, 1.82) is 0 Å². The predicted molar refractivity (Wildman–Crippen MR) is 81.3 cm³/mol. The van der Waals surface area contributed by atoms with Crippen LogP contribution in [-0.2, 0) is 4.74 Å². The Labute approximate surface area is 121 Å². The molecular formula is C17H13NO3. The number of rotatable bonds is 2. The molecule has 3 rings (SSSR count). The third kappa shape index (κ3) is 2.31. The first-order chi connectivity index (χ1) is 10.2. The van der Waals surface area contributed by atoms with E-state index in [-0.39, 0.29) is 11.0 Å². The SMILES string of the molecule is COC(=O)c1c[nH]c2ccc(-c3ccccc3)cc2c1=O. The quantitative estimate of drug-likeness (QED) is 0.734. The van der Waals surface area contributed by atoms with Gasteiger partial charge in [0.2, 0.25) is 5.43 Å². The van der Waals surface area contributed by atoms with Gasteiger partial charge in [0.05, 0.1) is 7.11 Å². The number of H-pyrrole nitrogens is 1. The minimum atomic E-state index is -0.636. The lowest BCUT2D eigenvalue weighted by Crippen LogP contribution is -2.16. The van der Waals surface area contributed by atoms with E-state index in [0.29, 0.717) is 10.9 Å². The molecule has 2 aromatic carbocycles. The molecule has 0 atom stereocenters. The fourth-order valence-electron chi connectivity index (χ4n) is 2.29. The summed E-state index contributed by atoms with van der Waals surface area (Å²) in [5.74, 6) is -0.636. The van der Waals surface area contributed by atoms with Crippen molar-refractivity contribution in [3.63, 3.8) is 0 Å². The van der Waals surface area contributed by atoms with Crippen LogP contribution in [0.25, 0.3) is 22.0 Å². The van der Waals surface area contributed by atoms with Crippen LogP contribution in [0.2, 0.25) is 0 Å². The largest absolute Gasteiger partial charge is 0.465 e. The topological polar surface area (TPSA) is 59.2 Å². The molecule has 4 heteroatoms. The van der Waals surface area contributed by atoms with Crippen molar-refractivity contribution in [2.24, 2.45) is 0 Å². The number of aromatic nitrogens is 1. The van der Waals surface area contributed by atoms with Crippen LogP contribution < -0.4 is 5.43 Å². The second-order valence-electron chi connectivity index (χ2n) is 4.65. The highest BCUT2D eigenvalue weighted by molar-refractivity contribution is 5.94. The van der Waals surface area contributed by atoms with E-state index in [1.54, 1.807) is 6.07 Å². The van der Waals surface area contributed by atoms with E-state index in [1.165, 1.54) is 13.3 Å². The van der Waals surface area contributed by atoms with E-state index in [4.69, 9.17) is 0 Å². The van der Waals surface area contributed by atoms with Gasteiger partial charge >= 0.3 is 5.97 Å². The van der Waals surface area contributed by atoms with Gasteiger partial charge in [-0.1, -0.05) is 36.4 Å². The second kappa shape index (κ2) is 5.25. The first-order valence-corrected chi connectivity index (χ1v) is 6.50. The van der Waals surface area contributed by atoms with E-state index < -0.39 is 5.97 Å². The van der Waals surface area contributed by atoms with E-state index >= 15 is 0 Å². The van der Waals surface area contributed by atoms with Crippen molar-refractivity contribution in [3.8, 4) is 11.1 Å². The van der Waals surface area contributed by atoms with Crippen LogP contribution in [0, 0.1) is 0 Å². The summed E-state index contributed by atoms with van der Waals surface area (Å²) in [5.41, 5.74) is 2.31. The first kappa shape index (κ1) is 13.1. The maximum Gasteiger partial charge on any atom is 0.343 e. The smallest absolute Gasteiger partial charge is 0.343 e. The number of esters is 1. The van der Waals surface area contributed by atoms with Gasteiger partial charge in [-0.3, -0.25) is 4.79 Å². The highest BCUT2D eigenvalue weighted by atomic mass is 16.5. The minimum absolute atomic E-state index is 0.00946. The summed E-state index contributed by atoms with van der Waals surface area (Å²) in [7, 11) is 1.26. The lowest BCUT2D eigenvalue weighted by atomic mass is 10.0. The van der Waals surface area contributed by atoms with Crippen LogP contribution in [0.1, 0.15) is 10.4 Å². The van der Waals surface area contributed by atoms with Crippen LogP contribution in [0.3, 0.4) is 0 Å². The van der Waals surface area contributed by atoms with E-state index in [2.05, 4.69) is 9.72 Å². The minimum Gasteiger partial charge on any atom is -0.465 e. The monoisotopic (exact) mass is 279 g/mol. The molecule has 1 aromatic heterocycles. The number of hydrogen-bond acceptors (Lipinski definition) is 3. The zero-order valence-electron chi connectivity index (χ0n) is 11.4. The number of fused-ring (bicyclic) bond motifs is 1. The number of carbonyl (C=O) groups is 1. The summed E-state index contributed by atoms with van der Waals surface area (Å²) in [4.78, 5) is 26.9. The van der Waals surface area contributed by atoms with Gasteiger partial charge in [-0.05, 0) is 23.3 Å². The van der Waals surface area contributed by atoms with Gasteiger partial charge in [0, 0.05) is 17.1 Å². The summed E-state index contributed by atoms with van der Waals surface area (Å²) < 4.78 is 4.62. The number of ether oxygens (including phenoxy) is 1. The third-order valence-electron chi connectivity index (χ3n) is 3.39. The third-order valence-corrected chi connectivity index (χ3v) is 3.39. The molecule has 104 valence electrons. The lowest BCUT2D eigenvalue weighted by Gasteiger charge is -2.05. The number of pyridine rings is 1. The van der Waals surface area contributed by atoms with Crippen LogP contribution in [0.15, 0.2) is 59.5 Å². The molecule has 0 aliphatic heterocycles. The standard InChI is InChI=1S/C17H13NO3/c1-21-17(20)14-10-18-15-8-7-12(9-13(15)16(14)19)11-5-3-2-4-6-11/h2-10H,1H3,(H,18,19). The zero-order valence-corrected chi connectivity index (χ0v) is 11.4. The molecular weight excluding hydrogens is 266 g/mol. The highest BCUT2D eigenvalue weighted by Gasteiger charge is 2.13. The van der Waals surface area contributed by atoms with Crippen LogP contribution in [-0.4, -0.2) is 18.1 Å². The Balaban J connectivity index is 2.23. The predicted octanol–water partition coefficient (Wildman–Crippen LogP) is 2.98. The van der Waals surface area contributed by atoms with Crippen LogP contribution in [0.4, 0.5) is 0 Å². The van der Waals surface area contributed by atoms with Crippen molar-refractivity contribution in [1.82, 2.24) is 4.98 Å². The highest BCUT2D eigenvalue weighted by Crippen LogP contribution is 2.22. The van der Waals surface area contributed by atoms with Crippen molar-refractivity contribution >= 4 is 16.9 Å². The summed E-state index contributed by atoms with van der Waals surface area (Å²) in [6, 6.07) is 15.3. The molecule has 4 nitrogen and oxygen atoms in total. The molecule has 0 unspecified atom stereocenters. The normalized spacial score (nSPS) is 10.5. The van der Waals surface area contributed by atoms with Crippen molar-refractivity contribution in [2.75, 3.05) is 7.11 Å². The summed E-state index contributed by atoms with van der Waals surface area (Å²) in [5, 5.41) is 0.472. The van der Waals surface area contributed by atoms with Gasteiger partial charge in [-0.25, -0.2) is 4.79 Å². The van der Waals surface area contributed by atoms with Gasteiger partial charge in [0.15, 0.2) is 0 Å². The molecule has 0 saturated heterocycles. The summed E-state index contributed by atoms with van der Waals surface area (Å²) in [6.45, 7) is 0.